The van der Waals surface area contributed by atoms with E-state index < -0.39 is 35.6 Å². The summed E-state index contributed by atoms with van der Waals surface area (Å²) < 4.78 is 5.22. The molecule has 3 N–H and O–H groups in total. The molecule has 3 aromatic carbocycles. The molecule has 3 rings (SSSR count). The number of likely N-dealkylation sites (N-methyl/N-ethyl adjacent to an activating group) is 1. The summed E-state index contributed by atoms with van der Waals surface area (Å²) in [6.07, 6.45) is -0.744. The Labute approximate surface area is 204 Å². The molecule has 0 spiro atoms. The van der Waals surface area contributed by atoms with Crippen LogP contribution in [0.5, 0.6) is 5.75 Å². The first-order valence-corrected chi connectivity index (χ1v) is 11.3. The third-order valence-electron chi connectivity index (χ3n) is 5.34. The van der Waals surface area contributed by atoms with Crippen molar-refractivity contribution in [2.45, 2.75) is 45.4 Å². The van der Waals surface area contributed by atoms with E-state index in [2.05, 4.69) is 10.6 Å². The lowest BCUT2D eigenvalue weighted by atomic mass is 10.0. The zero-order valence-corrected chi connectivity index (χ0v) is 20.5. The van der Waals surface area contributed by atoms with E-state index in [0.717, 1.165) is 10.8 Å². The van der Waals surface area contributed by atoms with Gasteiger partial charge in [-0.05, 0) is 56.7 Å². The zero-order chi connectivity index (χ0) is 25.8. The minimum atomic E-state index is -1.15. The van der Waals surface area contributed by atoms with Crippen LogP contribution in [0.1, 0.15) is 39.3 Å². The van der Waals surface area contributed by atoms with E-state index in [1.54, 1.807) is 45.0 Å². The number of para-hydroxylation sites is 1. The molecule has 0 aliphatic rings. The van der Waals surface area contributed by atoms with Crippen molar-refractivity contribution in [2.24, 2.45) is 0 Å². The number of phenols is 1. The number of benzene rings is 3. The van der Waals surface area contributed by atoms with Crippen molar-refractivity contribution in [1.82, 2.24) is 10.2 Å². The first-order chi connectivity index (χ1) is 16.5. The molecule has 3 aromatic rings. The van der Waals surface area contributed by atoms with Crippen LogP contribution in [0.2, 0.25) is 0 Å². The van der Waals surface area contributed by atoms with Gasteiger partial charge in [-0.1, -0.05) is 48.5 Å². The summed E-state index contributed by atoms with van der Waals surface area (Å²) in [5.74, 6) is -1.17. The van der Waals surface area contributed by atoms with Crippen molar-refractivity contribution < 1.29 is 24.2 Å². The number of rotatable bonds is 6. The molecule has 8 heteroatoms. The molecule has 0 bridgehead atoms. The second kappa shape index (κ2) is 10.5. The quantitative estimate of drug-likeness (QED) is 0.481. The SMILES string of the molecule is CC(NC(=O)OC(C)(C)C)C(=O)N(C)C(C(=O)Nc1ccc2ccccc2c1)c1ccccc1O. The molecule has 8 nitrogen and oxygen atoms in total. The van der Waals surface area contributed by atoms with E-state index in [0.29, 0.717) is 5.69 Å². The van der Waals surface area contributed by atoms with Gasteiger partial charge in [0, 0.05) is 18.3 Å². The molecule has 0 radical (unpaired) electrons. The smallest absolute Gasteiger partial charge is 0.408 e. The van der Waals surface area contributed by atoms with Gasteiger partial charge in [-0.2, -0.15) is 0 Å². The third-order valence-corrected chi connectivity index (χ3v) is 5.34. The topological polar surface area (TPSA) is 108 Å². The summed E-state index contributed by atoms with van der Waals surface area (Å²) in [4.78, 5) is 40.0. The molecule has 2 atom stereocenters. The van der Waals surface area contributed by atoms with Crippen LogP contribution in [0.3, 0.4) is 0 Å². The average molecular weight is 478 g/mol. The van der Waals surface area contributed by atoms with E-state index >= 15 is 0 Å². The largest absolute Gasteiger partial charge is 0.508 e. The van der Waals surface area contributed by atoms with Crippen molar-refractivity contribution in [2.75, 3.05) is 12.4 Å². The van der Waals surface area contributed by atoms with Crippen LogP contribution in [0.25, 0.3) is 10.8 Å². The Morgan fingerprint density at radius 2 is 1.57 bits per heavy atom. The molecule has 0 heterocycles. The van der Waals surface area contributed by atoms with Gasteiger partial charge in [0.05, 0.1) is 0 Å². The van der Waals surface area contributed by atoms with Crippen LogP contribution >= 0.6 is 0 Å². The minimum absolute atomic E-state index is 0.126. The van der Waals surface area contributed by atoms with Gasteiger partial charge < -0.3 is 25.4 Å². The van der Waals surface area contributed by atoms with Crippen molar-refractivity contribution >= 4 is 34.4 Å². The summed E-state index contributed by atoms with van der Waals surface area (Å²) in [6.45, 7) is 6.66. The van der Waals surface area contributed by atoms with Crippen LogP contribution in [0.4, 0.5) is 10.5 Å². The second-order valence-corrected chi connectivity index (χ2v) is 9.33. The van der Waals surface area contributed by atoms with Gasteiger partial charge in [-0.3, -0.25) is 9.59 Å². The third kappa shape index (κ3) is 6.50. The lowest BCUT2D eigenvalue weighted by Gasteiger charge is -2.30. The summed E-state index contributed by atoms with van der Waals surface area (Å²) in [6, 6.07) is 17.4. The van der Waals surface area contributed by atoms with E-state index in [4.69, 9.17) is 4.74 Å². The molecule has 0 fully saturated rings. The molecule has 184 valence electrons. The maximum absolute atomic E-state index is 13.5. The number of nitrogens with one attached hydrogen (secondary N) is 2. The molecule has 3 amide bonds. The molecule has 2 unspecified atom stereocenters. The number of carbonyl (C=O) groups is 3. The van der Waals surface area contributed by atoms with Crippen LogP contribution < -0.4 is 10.6 Å². The predicted octanol–water partition coefficient (Wildman–Crippen LogP) is 4.60. The molecule has 35 heavy (non-hydrogen) atoms. The van der Waals surface area contributed by atoms with Gasteiger partial charge in [0.15, 0.2) is 0 Å². The van der Waals surface area contributed by atoms with Gasteiger partial charge in [-0.25, -0.2) is 4.79 Å². The Morgan fingerprint density at radius 3 is 2.23 bits per heavy atom. The number of amides is 3. The monoisotopic (exact) mass is 477 g/mol. The van der Waals surface area contributed by atoms with E-state index in [-0.39, 0.29) is 11.3 Å². The highest BCUT2D eigenvalue weighted by Gasteiger charge is 2.33. The first-order valence-electron chi connectivity index (χ1n) is 11.3. The maximum Gasteiger partial charge on any atom is 0.408 e. The number of carbonyl (C=O) groups excluding carboxylic acids is 3. The standard InChI is InChI=1S/C27H31N3O5/c1-17(28-26(34)35-27(2,3)4)25(33)30(5)23(21-12-8-9-13-22(21)31)24(32)29-20-15-14-18-10-6-7-11-19(18)16-20/h6-17,23,31H,1-5H3,(H,28,34)(H,29,32). The Morgan fingerprint density at radius 1 is 0.943 bits per heavy atom. The fourth-order valence-corrected chi connectivity index (χ4v) is 3.70. The molecular formula is C27H31N3O5. The number of ether oxygens (including phenoxy) is 1. The lowest BCUT2D eigenvalue weighted by Crippen LogP contribution is -2.49. The highest BCUT2D eigenvalue weighted by atomic mass is 16.6. The maximum atomic E-state index is 13.5. The summed E-state index contributed by atoms with van der Waals surface area (Å²) in [5.41, 5.74) is 0.0811. The normalized spacial score (nSPS) is 12.9. The molecule has 0 saturated carbocycles. The molecule has 0 aliphatic heterocycles. The number of anilines is 1. The van der Waals surface area contributed by atoms with Gasteiger partial charge in [0.25, 0.3) is 5.91 Å². The van der Waals surface area contributed by atoms with E-state index in [1.165, 1.54) is 24.9 Å². The Hall–Kier alpha value is -4.07. The van der Waals surface area contributed by atoms with E-state index in [1.807, 2.05) is 36.4 Å². The molecular weight excluding hydrogens is 446 g/mol. The van der Waals surface area contributed by atoms with Crippen LogP contribution in [0.15, 0.2) is 66.7 Å². The number of hydrogen-bond donors (Lipinski definition) is 3. The number of hydrogen-bond acceptors (Lipinski definition) is 5. The number of phenolic OH excluding ortho intramolecular Hbond substituents is 1. The summed E-state index contributed by atoms with van der Waals surface area (Å²) >= 11 is 0. The number of alkyl carbamates (subject to hydrolysis) is 1. The van der Waals surface area contributed by atoms with Gasteiger partial charge in [0.2, 0.25) is 5.91 Å². The molecule has 0 saturated heterocycles. The fraction of sp³-hybridized carbons (Fsp3) is 0.296. The van der Waals surface area contributed by atoms with Crippen LogP contribution in [0, 0.1) is 0 Å². The Bertz CT molecular complexity index is 1230. The van der Waals surface area contributed by atoms with Crippen molar-refractivity contribution in [1.29, 1.82) is 0 Å². The van der Waals surface area contributed by atoms with Crippen molar-refractivity contribution in [3.63, 3.8) is 0 Å². The predicted molar refractivity (Wildman–Crippen MR) is 135 cm³/mol. The highest BCUT2D eigenvalue weighted by Crippen LogP contribution is 2.30. The summed E-state index contributed by atoms with van der Waals surface area (Å²) in [7, 11) is 1.45. The number of fused-ring (bicyclic) bond motifs is 1. The van der Waals surface area contributed by atoms with Crippen molar-refractivity contribution in [3.8, 4) is 5.75 Å². The zero-order valence-electron chi connectivity index (χ0n) is 20.5. The fourth-order valence-electron chi connectivity index (χ4n) is 3.70. The van der Waals surface area contributed by atoms with E-state index in [9.17, 15) is 19.5 Å². The number of aromatic hydroxyl groups is 1. The van der Waals surface area contributed by atoms with Crippen molar-refractivity contribution in [3.05, 3.63) is 72.3 Å². The molecule has 0 aromatic heterocycles. The average Bonchev–Trinajstić information content (AvgIpc) is 2.78. The van der Waals surface area contributed by atoms with Gasteiger partial charge in [0.1, 0.15) is 23.4 Å². The molecule has 0 aliphatic carbocycles. The Balaban J connectivity index is 1.86. The Kier molecular flexibility index (Phi) is 7.64. The summed E-state index contributed by atoms with van der Waals surface area (Å²) in [5, 5.41) is 17.8. The lowest BCUT2D eigenvalue weighted by molar-refractivity contribution is -0.138. The highest BCUT2D eigenvalue weighted by molar-refractivity contribution is 6.00. The second-order valence-electron chi connectivity index (χ2n) is 9.33. The van der Waals surface area contributed by atoms with Gasteiger partial charge >= 0.3 is 6.09 Å². The first kappa shape index (κ1) is 25.6. The van der Waals surface area contributed by atoms with Crippen LogP contribution in [-0.4, -0.2) is 46.6 Å². The van der Waals surface area contributed by atoms with Crippen LogP contribution in [-0.2, 0) is 14.3 Å². The minimum Gasteiger partial charge on any atom is -0.508 e. The van der Waals surface area contributed by atoms with Gasteiger partial charge in [-0.15, -0.1) is 0 Å². The number of nitrogens with zero attached hydrogens (tertiary/aromatic N) is 1.